The van der Waals surface area contributed by atoms with Crippen molar-refractivity contribution in [3.8, 4) is 0 Å². The Labute approximate surface area is 288 Å². The summed E-state index contributed by atoms with van der Waals surface area (Å²) in [7, 11) is 0. The molecule has 48 heavy (non-hydrogen) atoms. The molecule has 5 nitrogen and oxygen atoms in total. The number of hydrogen-bond acceptors (Lipinski definition) is 5. The van der Waals surface area contributed by atoms with E-state index in [9.17, 15) is 9.59 Å². The molecule has 7 rings (SSSR count). The van der Waals surface area contributed by atoms with Crippen molar-refractivity contribution in [2.24, 2.45) is 55.4 Å². The highest BCUT2D eigenvalue weighted by Crippen LogP contribution is 2.75. The Morgan fingerprint density at radius 3 is 2.40 bits per heavy atom. The van der Waals surface area contributed by atoms with E-state index in [4.69, 9.17) is 14.7 Å². The molecule has 0 saturated heterocycles. The molecule has 8 atom stereocenters. The van der Waals surface area contributed by atoms with Crippen molar-refractivity contribution >= 4 is 28.2 Å². The van der Waals surface area contributed by atoms with Gasteiger partial charge < -0.3 is 9.57 Å². The lowest BCUT2D eigenvalue weighted by Crippen LogP contribution is -2.66. The Morgan fingerprint density at radius 2 is 1.62 bits per heavy atom. The number of carbonyl (C=O) groups excluding carboxylic acids is 2. The van der Waals surface area contributed by atoms with Crippen molar-refractivity contribution < 1.29 is 19.2 Å². The molecule has 4 saturated carbocycles. The van der Waals surface area contributed by atoms with Gasteiger partial charge in [0.25, 0.3) is 0 Å². The van der Waals surface area contributed by atoms with E-state index < -0.39 is 5.41 Å². The van der Waals surface area contributed by atoms with Crippen molar-refractivity contribution in [1.82, 2.24) is 0 Å². The first-order valence-corrected chi connectivity index (χ1v) is 18.7. The third kappa shape index (κ3) is 4.72. The van der Waals surface area contributed by atoms with E-state index in [0.29, 0.717) is 24.9 Å². The quantitative estimate of drug-likeness (QED) is 0.238. The van der Waals surface area contributed by atoms with Crippen LogP contribution in [0, 0.1) is 50.2 Å². The van der Waals surface area contributed by atoms with E-state index in [1.165, 1.54) is 16.3 Å². The Balaban J connectivity index is 1.18. The molecule has 0 spiro atoms. The van der Waals surface area contributed by atoms with Crippen molar-refractivity contribution in [3.05, 3.63) is 59.7 Å². The summed E-state index contributed by atoms with van der Waals surface area (Å²) >= 11 is 0. The predicted octanol–water partition coefficient (Wildman–Crippen LogP) is 10.3. The van der Waals surface area contributed by atoms with E-state index in [1.807, 2.05) is 6.92 Å². The van der Waals surface area contributed by atoms with Gasteiger partial charge in [-0.3, -0.25) is 9.59 Å². The average Bonchev–Trinajstić information content (AvgIpc) is 3.04. The molecule has 5 aliphatic rings. The molecule has 0 amide bonds. The van der Waals surface area contributed by atoms with E-state index in [0.717, 1.165) is 69.1 Å². The summed E-state index contributed by atoms with van der Waals surface area (Å²) in [4.78, 5) is 34.2. The van der Waals surface area contributed by atoms with Crippen molar-refractivity contribution in [3.63, 3.8) is 0 Å². The van der Waals surface area contributed by atoms with E-state index in [-0.39, 0.29) is 44.9 Å². The fraction of sp³-hybridized carbons (Fsp3) is 0.651. The second-order valence-corrected chi connectivity index (χ2v) is 18.1. The molecule has 0 heterocycles. The van der Waals surface area contributed by atoms with Crippen LogP contribution in [0.15, 0.2) is 59.3 Å². The molecular weight excluding hydrogens is 594 g/mol. The van der Waals surface area contributed by atoms with E-state index >= 15 is 0 Å². The molecular formula is C43H57NO4. The van der Waals surface area contributed by atoms with Crippen LogP contribution in [0.3, 0.4) is 0 Å². The average molecular weight is 652 g/mol. The highest BCUT2D eigenvalue weighted by atomic mass is 16.6. The van der Waals surface area contributed by atoms with Gasteiger partial charge in [0.2, 0.25) is 0 Å². The Bertz CT molecular complexity index is 1700. The van der Waals surface area contributed by atoms with Gasteiger partial charge in [-0.05, 0) is 128 Å². The molecule has 0 radical (unpaired) electrons. The second kappa shape index (κ2) is 11.3. The zero-order valence-corrected chi connectivity index (χ0v) is 30.7. The number of ketones is 1. The number of nitrogens with zero attached hydrogens (tertiary/aromatic N) is 1. The van der Waals surface area contributed by atoms with Gasteiger partial charge in [-0.25, -0.2) is 0 Å². The zero-order chi connectivity index (χ0) is 34.3. The van der Waals surface area contributed by atoms with E-state index in [2.05, 4.69) is 97.0 Å². The third-order valence-corrected chi connectivity index (χ3v) is 15.4. The van der Waals surface area contributed by atoms with Crippen LogP contribution in [0.25, 0.3) is 10.8 Å². The summed E-state index contributed by atoms with van der Waals surface area (Å²) < 4.78 is 5.61. The van der Waals surface area contributed by atoms with E-state index in [1.54, 1.807) is 0 Å². The lowest BCUT2D eigenvalue weighted by molar-refractivity contribution is -0.177. The molecule has 5 aliphatic carbocycles. The van der Waals surface area contributed by atoms with Gasteiger partial charge >= 0.3 is 5.97 Å². The van der Waals surface area contributed by atoms with Crippen LogP contribution in [0.2, 0.25) is 0 Å². The fourth-order valence-electron chi connectivity index (χ4n) is 12.2. The van der Waals surface area contributed by atoms with Crippen LogP contribution < -0.4 is 0 Å². The minimum absolute atomic E-state index is 0.0284. The lowest BCUT2D eigenvalue weighted by atomic mass is 9.33. The maximum absolute atomic E-state index is 14.8. The molecule has 0 unspecified atom stereocenters. The van der Waals surface area contributed by atoms with Gasteiger partial charge in [0.1, 0.15) is 6.61 Å². The standard InChI is InChI=1S/C43H57NO4/c1-9-47-37(46)40(5)22-21-39(4)23-24-42(7)31(32(39)26-40)25-33(45)36-41(6)19-18-35(38(2,3)34(41)17-20-43(36,42)8)44-48-27-29-15-12-14-28-13-10-11-16-30(28)29/h10-16,25,32,34,36H,9,17-24,26-27H2,1-8H3/b44-35+/t32-,34-,36+,39+,40-,41-,42+,43+/m0/s1. The monoisotopic (exact) mass is 651 g/mol. The van der Waals surface area contributed by atoms with Gasteiger partial charge in [0.15, 0.2) is 5.78 Å². The molecule has 2 aromatic rings. The molecule has 0 aromatic heterocycles. The minimum Gasteiger partial charge on any atom is -0.466 e. The minimum atomic E-state index is -0.497. The fourth-order valence-corrected chi connectivity index (χ4v) is 12.2. The number of fused-ring (bicyclic) bond motifs is 8. The predicted molar refractivity (Wildman–Crippen MR) is 192 cm³/mol. The number of esters is 1. The third-order valence-electron chi connectivity index (χ3n) is 15.4. The highest BCUT2D eigenvalue weighted by Gasteiger charge is 2.70. The Hall–Kier alpha value is -2.95. The molecule has 0 aliphatic heterocycles. The number of hydrogen-bond donors (Lipinski definition) is 0. The first-order valence-electron chi connectivity index (χ1n) is 18.7. The molecule has 4 fully saturated rings. The summed E-state index contributed by atoms with van der Waals surface area (Å²) in [6.07, 6.45) is 10.9. The largest absolute Gasteiger partial charge is 0.466 e. The number of benzene rings is 2. The first-order chi connectivity index (χ1) is 22.6. The highest BCUT2D eigenvalue weighted by molar-refractivity contribution is 5.97. The number of oxime groups is 1. The number of ether oxygens (including phenoxy) is 1. The summed E-state index contributed by atoms with van der Waals surface area (Å²) in [5, 5.41) is 7.28. The Kier molecular flexibility index (Phi) is 7.89. The number of rotatable bonds is 5. The van der Waals surface area contributed by atoms with Crippen LogP contribution in [0.1, 0.15) is 119 Å². The van der Waals surface area contributed by atoms with Crippen LogP contribution in [0.5, 0.6) is 0 Å². The van der Waals surface area contributed by atoms with Crippen molar-refractivity contribution in [2.45, 2.75) is 120 Å². The molecule has 0 bridgehead atoms. The summed E-state index contributed by atoms with van der Waals surface area (Å²) in [6.45, 7) is 19.4. The van der Waals surface area contributed by atoms with Crippen molar-refractivity contribution in [1.29, 1.82) is 0 Å². The van der Waals surface area contributed by atoms with Gasteiger partial charge in [-0.1, -0.05) is 94.7 Å². The van der Waals surface area contributed by atoms with Crippen LogP contribution in [-0.4, -0.2) is 24.1 Å². The first kappa shape index (κ1) is 33.5. The summed E-state index contributed by atoms with van der Waals surface area (Å²) in [5.41, 5.74) is 2.75. The zero-order valence-electron chi connectivity index (χ0n) is 30.7. The molecule has 2 aromatic carbocycles. The number of carbonyl (C=O) groups is 2. The van der Waals surface area contributed by atoms with Crippen LogP contribution in [-0.2, 0) is 25.8 Å². The van der Waals surface area contributed by atoms with Gasteiger partial charge in [0, 0.05) is 11.3 Å². The second-order valence-electron chi connectivity index (χ2n) is 18.1. The maximum atomic E-state index is 14.8. The van der Waals surface area contributed by atoms with Crippen LogP contribution >= 0.6 is 0 Å². The maximum Gasteiger partial charge on any atom is 0.311 e. The smallest absolute Gasteiger partial charge is 0.311 e. The molecule has 5 heteroatoms. The van der Waals surface area contributed by atoms with Gasteiger partial charge in [-0.15, -0.1) is 0 Å². The summed E-state index contributed by atoms with van der Waals surface area (Å²) in [5.74, 6) is 0.802. The normalized spacial score (nSPS) is 41.0. The lowest BCUT2D eigenvalue weighted by Gasteiger charge is -2.70. The van der Waals surface area contributed by atoms with Crippen LogP contribution in [0.4, 0.5) is 0 Å². The SMILES string of the molecule is CCOC(=O)[C@@]1(C)CC[C@]2(C)CC[C@]3(C)C(=CC(=O)[C@@H]4[C@@]5(C)CC/C(=N\OCc6cccc7ccccc67)C(C)(C)[C@@H]5CC[C@]43C)[C@@H]2C1. The Morgan fingerprint density at radius 1 is 0.896 bits per heavy atom. The van der Waals surface area contributed by atoms with Crippen molar-refractivity contribution in [2.75, 3.05) is 6.61 Å². The molecule has 258 valence electrons. The molecule has 0 N–H and O–H groups in total. The van der Waals surface area contributed by atoms with Gasteiger partial charge in [-0.2, -0.15) is 0 Å². The number of allylic oxidation sites excluding steroid dienone is 2. The topological polar surface area (TPSA) is 65.0 Å². The van der Waals surface area contributed by atoms with Gasteiger partial charge in [0.05, 0.1) is 17.7 Å². The summed E-state index contributed by atoms with van der Waals surface area (Å²) in [6, 6.07) is 14.8.